The SMILES string of the molecule is CCOC(=O)C1CCCN(C(=O)Cc2cccc(C(F)(F)F)c2)C1. The molecule has 132 valence electrons. The van der Waals surface area contributed by atoms with Crippen LogP contribution in [0, 0.1) is 5.92 Å². The minimum atomic E-state index is -4.43. The number of amides is 1. The van der Waals surface area contributed by atoms with Crippen molar-refractivity contribution in [1.82, 2.24) is 4.90 Å². The Bertz CT molecular complexity index is 601. The average Bonchev–Trinajstić information content (AvgIpc) is 2.54. The predicted octanol–water partition coefficient (Wildman–Crippen LogP) is 3.05. The summed E-state index contributed by atoms with van der Waals surface area (Å²) in [7, 11) is 0. The second-order valence-electron chi connectivity index (χ2n) is 5.81. The molecule has 1 aromatic rings. The first-order chi connectivity index (χ1) is 11.3. The van der Waals surface area contributed by atoms with Gasteiger partial charge in [0.25, 0.3) is 0 Å². The summed E-state index contributed by atoms with van der Waals surface area (Å²) in [6.45, 7) is 2.77. The van der Waals surface area contributed by atoms with Crippen LogP contribution < -0.4 is 0 Å². The molecule has 1 fully saturated rings. The Morgan fingerprint density at radius 3 is 2.75 bits per heavy atom. The summed E-state index contributed by atoms with van der Waals surface area (Å²) in [5, 5.41) is 0. The second kappa shape index (κ2) is 7.68. The van der Waals surface area contributed by atoms with Gasteiger partial charge in [-0.2, -0.15) is 13.2 Å². The Kier molecular flexibility index (Phi) is 5.85. The van der Waals surface area contributed by atoms with Crippen LogP contribution in [0.4, 0.5) is 13.2 Å². The molecule has 1 unspecified atom stereocenters. The van der Waals surface area contributed by atoms with Gasteiger partial charge >= 0.3 is 12.1 Å². The number of benzene rings is 1. The minimum absolute atomic E-state index is 0.112. The Morgan fingerprint density at radius 1 is 1.33 bits per heavy atom. The number of alkyl halides is 3. The fraction of sp³-hybridized carbons (Fsp3) is 0.529. The third-order valence-corrected chi connectivity index (χ3v) is 4.00. The van der Waals surface area contributed by atoms with Crippen LogP contribution >= 0.6 is 0 Å². The molecule has 1 amide bonds. The van der Waals surface area contributed by atoms with Crippen LogP contribution in [0.2, 0.25) is 0 Å². The molecule has 2 rings (SSSR count). The lowest BCUT2D eigenvalue weighted by Gasteiger charge is -2.31. The van der Waals surface area contributed by atoms with E-state index in [1.54, 1.807) is 6.92 Å². The van der Waals surface area contributed by atoms with E-state index in [0.29, 0.717) is 24.9 Å². The van der Waals surface area contributed by atoms with Gasteiger partial charge in [0.15, 0.2) is 0 Å². The fourth-order valence-corrected chi connectivity index (χ4v) is 2.80. The van der Waals surface area contributed by atoms with Crippen molar-refractivity contribution in [2.45, 2.75) is 32.4 Å². The molecule has 1 aliphatic heterocycles. The highest BCUT2D eigenvalue weighted by molar-refractivity contribution is 5.80. The first-order valence-electron chi connectivity index (χ1n) is 7.91. The van der Waals surface area contributed by atoms with E-state index in [1.165, 1.54) is 17.0 Å². The first kappa shape index (κ1) is 18.3. The number of nitrogens with zero attached hydrogens (tertiary/aromatic N) is 1. The molecule has 1 saturated heterocycles. The van der Waals surface area contributed by atoms with Gasteiger partial charge in [-0.3, -0.25) is 9.59 Å². The van der Waals surface area contributed by atoms with E-state index in [-0.39, 0.29) is 37.4 Å². The van der Waals surface area contributed by atoms with Crippen molar-refractivity contribution in [3.63, 3.8) is 0 Å². The van der Waals surface area contributed by atoms with Gasteiger partial charge in [-0.25, -0.2) is 0 Å². The van der Waals surface area contributed by atoms with Crippen LogP contribution in [0.5, 0.6) is 0 Å². The van der Waals surface area contributed by atoms with Crippen LogP contribution in [0.25, 0.3) is 0 Å². The smallest absolute Gasteiger partial charge is 0.416 e. The molecule has 0 aliphatic carbocycles. The quantitative estimate of drug-likeness (QED) is 0.790. The summed E-state index contributed by atoms with van der Waals surface area (Å²) in [4.78, 5) is 25.7. The van der Waals surface area contributed by atoms with Gasteiger partial charge in [0, 0.05) is 13.1 Å². The van der Waals surface area contributed by atoms with E-state index >= 15 is 0 Å². The molecule has 1 aromatic carbocycles. The summed E-state index contributed by atoms with van der Waals surface area (Å²) < 4.78 is 43.2. The number of hydrogen-bond donors (Lipinski definition) is 0. The van der Waals surface area contributed by atoms with E-state index in [1.807, 2.05) is 0 Å². The molecule has 0 radical (unpaired) electrons. The van der Waals surface area contributed by atoms with Gasteiger partial charge in [-0.1, -0.05) is 18.2 Å². The molecule has 0 N–H and O–H groups in total. The molecule has 1 atom stereocenters. The zero-order valence-electron chi connectivity index (χ0n) is 13.4. The second-order valence-corrected chi connectivity index (χ2v) is 5.81. The van der Waals surface area contributed by atoms with E-state index in [9.17, 15) is 22.8 Å². The zero-order valence-corrected chi connectivity index (χ0v) is 13.4. The Labute approximate surface area is 138 Å². The normalized spacial score (nSPS) is 18.3. The first-order valence-corrected chi connectivity index (χ1v) is 7.91. The van der Waals surface area contributed by atoms with Crippen molar-refractivity contribution >= 4 is 11.9 Å². The molecule has 0 spiro atoms. The van der Waals surface area contributed by atoms with Crippen LogP contribution in [-0.2, 0) is 26.9 Å². The summed E-state index contributed by atoms with van der Waals surface area (Å²) in [6.07, 6.45) is -3.21. The highest BCUT2D eigenvalue weighted by atomic mass is 19.4. The maximum atomic E-state index is 12.7. The minimum Gasteiger partial charge on any atom is -0.466 e. The van der Waals surface area contributed by atoms with E-state index < -0.39 is 11.7 Å². The van der Waals surface area contributed by atoms with Gasteiger partial charge in [-0.05, 0) is 31.4 Å². The van der Waals surface area contributed by atoms with Gasteiger partial charge in [-0.15, -0.1) is 0 Å². The largest absolute Gasteiger partial charge is 0.466 e. The number of piperidine rings is 1. The fourth-order valence-electron chi connectivity index (χ4n) is 2.80. The molecule has 1 aliphatic rings. The van der Waals surface area contributed by atoms with E-state index in [4.69, 9.17) is 4.74 Å². The third-order valence-electron chi connectivity index (χ3n) is 4.00. The predicted molar refractivity (Wildman–Crippen MR) is 81.1 cm³/mol. The summed E-state index contributed by atoms with van der Waals surface area (Å²) in [5.41, 5.74) is -0.455. The zero-order chi connectivity index (χ0) is 17.7. The van der Waals surface area contributed by atoms with Crippen molar-refractivity contribution in [1.29, 1.82) is 0 Å². The summed E-state index contributed by atoms with van der Waals surface area (Å²) in [5.74, 6) is -0.957. The Morgan fingerprint density at radius 2 is 2.08 bits per heavy atom. The van der Waals surface area contributed by atoms with Crippen LogP contribution in [0.3, 0.4) is 0 Å². The van der Waals surface area contributed by atoms with Crippen molar-refractivity contribution in [2.75, 3.05) is 19.7 Å². The molecule has 0 saturated carbocycles. The molecule has 0 aromatic heterocycles. The number of hydrogen-bond acceptors (Lipinski definition) is 3. The lowest BCUT2D eigenvalue weighted by Crippen LogP contribution is -2.43. The van der Waals surface area contributed by atoms with E-state index in [2.05, 4.69) is 0 Å². The standard InChI is InChI=1S/C17H20F3NO3/c1-2-24-16(23)13-6-4-8-21(11-13)15(22)10-12-5-3-7-14(9-12)17(18,19)20/h3,5,7,9,13H,2,4,6,8,10-11H2,1H3. The number of ether oxygens (including phenoxy) is 1. The van der Waals surface area contributed by atoms with E-state index in [0.717, 1.165) is 12.1 Å². The number of rotatable bonds is 4. The number of carbonyl (C=O) groups excluding carboxylic acids is 2. The highest BCUT2D eigenvalue weighted by Crippen LogP contribution is 2.29. The molecular weight excluding hydrogens is 323 g/mol. The Hall–Kier alpha value is -2.05. The van der Waals surface area contributed by atoms with Gasteiger partial charge in [0.2, 0.25) is 5.91 Å². The third kappa shape index (κ3) is 4.72. The number of halogens is 3. The molecule has 24 heavy (non-hydrogen) atoms. The van der Waals surface area contributed by atoms with Gasteiger partial charge in [0.05, 0.1) is 24.5 Å². The molecule has 4 nitrogen and oxygen atoms in total. The highest BCUT2D eigenvalue weighted by Gasteiger charge is 2.31. The number of carbonyl (C=O) groups is 2. The topological polar surface area (TPSA) is 46.6 Å². The molecule has 0 bridgehead atoms. The van der Waals surface area contributed by atoms with Crippen molar-refractivity contribution < 1.29 is 27.5 Å². The number of esters is 1. The van der Waals surface area contributed by atoms with Gasteiger partial charge in [0.1, 0.15) is 0 Å². The molecule has 7 heteroatoms. The summed E-state index contributed by atoms with van der Waals surface area (Å²) in [6, 6.07) is 4.76. The van der Waals surface area contributed by atoms with Crippen LogP contribution in [0.1, 0.15) is 30.9 Å². The average molecular weight is 343 g/mol. The lowest BCUT2D eigenvalue weighted by molar-refractivity contribution is -0.151. The van der Waals surface area contributed by atoms with Crippen LogP contribution in [-0.4, -0.2) is 36.5 Å². The molecular formula is C17H20F3NO3. The van der Waals surface area contributed by atoms with Crippen LogP contribution in [0.15, 0.2) is 24.3 Å². The van der Waals surface area contributed by atoms with Crippen molar-refractivity contribution in [2.24, 2.45) is 5.92 Å². The van der Waals surface area contributed by atoms with Crippen molar-refractivity contribution in [3.05, 3.63) is 35.4 Å². The summed E-state index contributed by atoms with van der Waals surface area (Å²) >= 11 is 0. The lowest BCUT2D eigenvalue weighted by atomic mass is 9.97. The number of likely N-dealkylation sites (tertiary alicyclic amines) is 1. The van der Waals surface area contributed by atoms with Crippen molar-refractivity contribution in [3.8, 4) is 0 Å². The monoisotopic (exact) mass is 343 g/mol. The maximum Gasteiger partial charge on any atom is 0.416 e. The maximum absolute atomic E-state index is 12.7. The van der Waals surface area contributed by atoms with Gasteiger partial charge < -0.3 is 9.64 Å². The Balaban J connectivity index is 2.00. The molecule has 1 heterocycles.